The fraction of sp³-hybridized carbons (Fsp3) is 0.0952. The SMILES string of the molecule is O=C(Cn1cnc(-c2ccccc2)c1)Nc1ccn(Cc2ccccc2)n1. The number of anilines is 1. The molecule has 4 aromatic rings. The fourth-order valence-corrected chi connectivity index (χ4v) is 2.84. The molecule has 0 saturated carbocycles. The van der Waals surface area contributed by atoms with Gasteiger partial charge in [0.1, 0.15) is 6.54 Å². The molecule has 2 aromatic heterocycles. The number of nitrogens with one attached hydrogen (secondary N) is 1. The van der Waals surface area contributed by atoms with Crippen molar-refractivity contribution in [3.63, 3.8) is 0 Å². The van der Waals surface area contributed by atoms with Crippen LogP contribution in [0.2, 0.25) is 0 Å². The highest BCUT2D eigenvalue weighted by Gasteiger charge is 2.08. The van der Waals surface area contributed by atoms with Gasteiger partial charge in [0.15, 0.2) is 5.82 Å². The van der Waals surface area contributed by atoms with Crippen LogP contribution in [-0.4, -0.2) is 25.2 Å². The molecule has 0 saturated heterocycles. The third-order valence-electron chi connectivity index (χ3n) is 4.12. The highest BCUT2D eigenvalue weighted by atomic mass is 16.2. The monoisotopic (exact) mass is 357 g/mol. The molecule has 0 radical (unpaired) electrons. The summed E-state index contributed by atoms with van der Waals surface area (Å²) < 4.78 is 3.56. The number of nitrogens with zero attached hydrogens (tertiary/aromatic N) is 4. The number of amides is 1. The number of imidazole rings is 1. The number of benzene rings is 2. The van der Waals surface area contributed by atoms with Crippen LogP contribution in [0.3, 0.4) is 0 Å². The third-order valence-corrected chi connectivity index (χ3v) is 4.12. The summed E-state index contributed by atoms with van der Waals surface area (Å²) in [5.41, 5.74) is 3.03. The summed E-state index contributed by atoms with van der Waals surface area (Å²) in [5.74, 6) is 0.399. The quantitative estimate of drug-likeness (QED) is 0.575. The Morgan fingerprint density at radius 2 is 1.70 bits per heavy atom. The molecule has 0 aliphatic rings. The smallest absolute Gasteiger partial charge is 0.245 e. The minimum absolute atomic E-state index is 0.142. The Bertz CT molecular complexity index is 1020. The minimum Gasteiger partial charge on any atom is -0.327 e. The van der Waals surface area contributed by atoms with E-state index in [1.807, 2.05) is 73.1 Å². The molecule has 4 rings (SSSR count). The zero-order valence-corrected chi connectivity index (χ0v) is 14.7. The fourth-order valence-electron chi connectivity index (χ4n) is 2.84. The van der Waals surface area contributed by atoms with Crippen LogP contribution >= 0.6 is 0 Å². The molecule has 27 heavy (non-hydrogen) atoms. The van der Waals surface area contributed by atoms with E-state index >= 15 is 0 Å². The van der Waals surface area contributed by atoms with Crippen LogP contribution in [0.5, 0.6) is 0 Å². The average molecular weight is 357 g/mol. The molecule has 0 aliphatic carbocycles. The molecule has 0 aliphatic heterocycles. The zero-order chi connectivity index (χ0) is 18.5. The zero-order valence-electron chi connectivity index (χ0n) is 14.7. The van der Waals surface area contributed by atoms with E-state index in [0.29, 0.717) is 12.4 Å². The maximum absolute atomic E-state index is 12.3. The number of hydrogen-bond acceptors (Lipinski definition) is 3. The van der Waals surface area contributed by atoms with Gasteiger partial charge in [-0.05, 0) is 5.56 Å². The van der Waals surface area contributed by atoms with Crippen molar-refractivity contribution in [2.24, 2.45) is 0 Å². The third kappa shape index (κ3) is 4.30. The predicted molar refractivity (Wildman–Crippen MR) is 104 cm³/mol. The number of carbonyl (C=O) groups excluding carboxylic acids is 1. The van der Waals surface area contributed by atoms with Crippen molar-refractivity contribution in [1.29, 1.82) is 0 Å². The molecule has 0 atom stereocenters. The first-order chi connectivity index (χ1) is 13.3. The van der Waals surface area contributed by atoms with E-state index in [2.05, 4.69) is 15.4 Å². The van der Waals surface area contributed by atoms with Gasteiger partial charge < -0.3 is 9.88 Å². The van der Waals surface area contributed by atoms with Crippen LogP contribution in [0.4, 0.5) is 5.82 Å². The maximum atomic E-state index is 12.3. The van der Waals surface area contributed by atoms with E-state index in [1.165, 1.54) is 0 Å². The van der Waals surface area contributed by atoms with Crippen molar-refractivity contribution in [3.05, 3.63) is 91.0 Å². The number of aromatic nitrogens is 4. The average Bonchev–Trinajstić information content (AvgIpc) is 3.33. The Labute approximate surface area is 157 Å². The van der Waals surface area contributed by atoms with E-state index in [1.54, 1.807) is 21.6 Å². The van der Waals surface area contributed by atoms with Crippen molar-refractivity contribution in [3.8, 4) is 11.3 Å². The molecule has 134 valence electrons. The van der Waals surface area contributed by atoms with Crippen molar-refractivity contribution in [2.45, 2.75) is 13.1 Å². The van der Waals surface area contributed by atoms with Gasteiger partial charge in [-0.1, -0.05) is 60.7 Å². The van der Waals surface area contributed by atoms with Gasteiger partial charge in [0, 0.05) is 24.0 Å². The normalized spacial score (nSPS) is 10.7. The predicted octanol–water partition coefficient (Wildman–Crippen LogP) is 3.43. The Morgan fingerprint density at radius 1 is 0.963 bits per heavy atom. The van der Waals surface area contributed by atoms with Crippen molar-refractivity contribution in [2.75, 3.05) is 5.32 Å². The molecule has 0 unspecified atom stereocenters. The first kappa shape index (κ1) is 16.8. The molecule has 1 N–H and O–H groups in total. The molecule has 0 fully saturated rings. The summed E-state index contributed by atoms with van der Waals surface area (Å²) in [6, 6.07) is 21.7. The molecule has 6 nitrogen and oxygen atoms in total. The molecule has 0 spiro atoms. The lowest BCUT2D eigenvalue weighted by Crippen LogP contribution is -2.18. The maximum Gasteiger partial charge on any atom is 0.245 e. The molecule has 2 aromatic carbocycles. The lowest BCUT2D eigenvalue weighted by atomic mass is 10.2. The first-order valence-electron chi connectivity index (χ1n) is 8.71. The lowest BCUT2D eigenvalue weighted by Gasteiger charge is -2.03. The van der Waals surface area contributed by atoms with Crippen LogP contribution in [0.25, 0.3) is 11.3 Å². The van der Waals surface area contributed by atoms with Gasteiger partial charge in [0.05, 0.1) is 18.6 Å². The lowest BCUT2D eigenvalue weighted by molar-refractivity contribution is -0.116. The van der Waals surface area contributed by atoms with Gasteiger partial charge in [-0.3, -0.25) is 9.48 Å². The molecular formula is C21H19N5O. The highest BCUT2D eigenvalue weighted by molar-refractivity contribution is 5.89. The standard InChI is InChI=1S/C21H19N5O/c27-21(15-25-14-19(22-16-25)18-9-5-2-6-10-18)23-20-11-12-26(24-20)13-17-7-3-1-4-8-17/h1-12,14,16H,13,15H2,(H,23,24,27). The van der Waals surface area contributed by atoms with Crippen LogP contribution in [0.1, 0.15) is 5.56 Å². The van der Waals surface area contributed by atoms with E-state index in [0.717, 1.165) is 16.8 Å². The van der Waals surface area contributed by atoms with Crippen molar-refractivity contribution >= 4 is 11.7 Å². The van der Waals surface area contributed by atoms with Gasteiger partial charge >= 0.3 is 0 Å². The van der Waals surface area contributed by atoms with E-state index < -0.39 is 0 Å². The summed E-state index contributed by atoms with van der Waals surface area (Å²) in [6.07, 6.45) is 5.38. The van der Waals surface area contributed by atoms with Gasteiger partial charge in [0.25, 0.3) is 0 Å². The van der Waals surface area contributed by atoms with Crippen molar-refractivity contribution in [1.82, 2.24) is 19.3 Å². The molecule has 6 heteroatoms. The molecule has 1 amide bonds. The van der Waals surface area contributed by atoms with E-state index in [9.17, 15) is 4.79 Å². The first-order valence-corrected chi connectivity index (χ1v) is 8.71. The summed E-state index contributed by atoms with van der Waals surface area (Å²) in [5, 5.41) is 7.23. The second kappa shape index (κ2) is 7.70. The van der Waals surface area contributed by atoms with Gasteiger partial charge in [-0.15, -0.1) is 0 Å². The van der Waals surface area contributed by atoms with Crippen molar-refractivity contribution < 1.29 is 4.79 Å². The van der Waals surface area contributed by atoms with Crippen LogP contribution in [-0.2, 0) is 17.9 Å². The summed E-state index contributed by atoms with van der Waals surface area (Å²) in [6.45, 7) is 0.851. The highest BCUT2D eigenvalue weighted by Crippen LogP contribution is 2.16. The van der Waals surface area contributed by atoms with E-state index in [4.69, 9.17) is 0 Å². The van der Waals surface area contributed by atoms with Crippen LogP contribution in [0, 0.1) is 0 Å². The summed E-state index contributed by atoms with van der Waals surface area (Å²) in [4.78, 5) is 16.6. The minimum atomic E-state index is -0.142. The number of rotatable bonds is 6. The summed E-state index contributed by atoms with van der Waals surface area (Å²) >= 11 is 0. The van der Waals surface area contributed by atoms with Crippen LogP contribution < -0.4 is 5.32 Å². The van der Waals surface area contributed by atoms with Crippen LogP contribution in [0.15, 0.2) is 85.5 Å². The second-order valence-electron chi connectivity index (χ2n) is 6.23. The second-order valence-corrected chi connectivity index (χ2v) is 6.23. The number of carbonyl (C=O) groups is 1. The Kier molecular flexibility index (Phi) is 4.78. The summed E-state index contributed by atoms with van der Waals surface area (Å²) in [7, 11) is 0. The van der Waals surface area contributed by atoms with Gasteiger partial charge in [0.2, 0.25) is 5.91 Å². The Hall–Kier alpha value is -3.67. The van der Waals surface area contributed by atoms with Gasteiger partial charge in [-0.25, -0.2) is 4.98 Å². The Balaban J connectivity index is 1.35. The Morgan fingerprint density at radius 3 is 2.48 bits per heavy atom. The largest absolute Gasteiger partial charge is 0.327 e. The molecular weight excluding hydrogens is 338 g/mol. The van der Waals surface area contributed by atoms with E-state index in [-0.39, 0.29) is 12.5 Å². The van der Waals surface area contributed by atoms with Gasteiger partial charge in [-0.2, -0.15) is 5.10 Å². The molecule has 0 bridgehead atoms. The molecule has 2 heterocycles. The topological polar surface area (TPSA) is 64.7 Å². The number of hydrogen-bond donors (Lipinski definition) is 1.